The van der Waals surface area contributed by atoms with Crippen LogP contribution in [-0.2, 0) is 27.1 Å². The Kier molecular flexibility index (Phi) is 10.4. The summed E-state index contributed by atoms with van der Waals surface area (Å²) in [6.45, 7) is 0.0745. The Balaban J connectivity index is 2.12. The second kappa shape index (κ2) is 13.3. The van der Waals surface area contributed by atoms with Gasteiger partial charge in [0.25, 0.3) is 0 Å². The van der Waals surface area contributed by atoms with Gasteiger partial charge >= 0.3 is 12.1 Å². The molecule has 0 fully saturated rings. The third-order valence-corrected chi connectivity index (χ3v) is 7.21. The maximum Gasteiger partial charge on any atom is 0.408 e. The number of benzene rings is 2. The highest BCUT2D eigenvalue weighted by Crippen LogP contribution is 2.48. The first kappa shape index (κ1) is 25.9. The molecule has 1 amide bonds. The number of rotatable bonds is 13. The highest BCUT2D eigenvalue weighted by atomic mass is 31.2. The number of aliphatic carboxylic acids is 1. The molecule has 33 heavy (non-hydrogen) atoms. The van der Waals surface area contributed by atoms with Crippen LogP contribution in [0.25, 0.3) is 10.4 Å². The first-order valence-corrected chi connectivity index (χ1v) is 12.3. The van der Waals surface area contributed by atoms with Crippen LogP contribution < -0.4 is 5.32 Å². The molecule has 0 aliphatic heterocycles. The minimum absolute atomic E-state index is 0.0162. The van der Waals surface area contributed by atoms with Crippen LogP contribution in [0.15, 0.2) is 65.8 Å². The van der Waals surface area contributed by atoms with Gasteiger partial charge in [0.05, 0.1) is 5.92 Å². The Morgan fingerprint density at radius 2 is 1.70 bits per heavy atom. The van der Waals surface area contributed by atoms with Gasteiger partial charge in [0.1, 0.15) is 12.4 Å². The lowest BCUT2D eigenvalue weighted by Gasteiger charge is -2.26. The van der Waals surface area contributed by atoms with Gasteiger partial charge in [-0.2, -0.15) is 0 Å². The number of carboxylic acid groups (broad SMARTS) is 1. The molecule has 0 radical (unpaired) electrons. The molecule has 0 bridgehead atoms. The minimum atomic E-state index is -4.18. The lowest BCUT2D eigenvalue weighted by atomic mass is 10.1. The molecule has 0 heterocycles. The zero-order chi connectivity index (χ0) is 24.1. The van der Waals surface area contributed by atoms with Gasteiger partial charge in [0.15, 0.2) is 0 Å². The molecule has 0 aromatic heterocycles. The largest absolute Gasteiger partial charge is 0.481 e. The molecule has 2 rings (SSSR count). The maximum absolute atomic E-state index is 13.3. The number of carboxylic acids is 1. The van der Waals surface area contributed by atoms with E-state index >= 15 is 0 Å². The van der Waals surface area contributed by atoms with Crippen LogP contribution in [0.4, 0.5) is 4.79 Å². The Morgan fingerprint density at radius 3 is 2.27 bits per heavy atom. The third kappa shape index (κ3) is 9.37. The van der Waals surface area contributed by atoms with Crippen LogP contribution >= 0.6 is 7.37 Å². The van der Waals surface area contributed by atoms with E-state index in [2.05, 4.69) is 15.3 Å². The number of nitrogens with zero attached hydrogens (tertiary/aromatic N) is 3. The molecule has 3 atom stereocenters. The van der Waals surface area contributed by atoms with Crippen LogP contribution in [0.5, 0.6) is 0 Å². The summed E-state index contributed by atoms with van der Waals surface area (Å²) in [6, 6.07) is 17.8. The van der Waals surface area contributed by atoms with E-state index in [-0.39, 0.29) is 32.4 Å². The van der Waals surface area contributed by atoms with Gasteiger partial charge in [-0.1, -0.05) is 65.8 Å². The molecule has 0 aliphatic carbocycles. The number of nitrogens with one attached hydrogen (secondary N) is 1. The molecule has 2 aromatic rings. The first-order valence-electron chi connectivity index (χ1n) is 10.4. The lowest BCUT2D eigenvalue weighted by Crippen LogP contribution is -2.38. The summed E-state index contributed by atoms with van der Waals surface area (Å²) >= 11 is 0. The van der Waals surface area contributed by atoms with Crippen molar-refractivity contribution < 1.29 is 28.9 Å². The Bertz CT molecular complexity index is 998. The predicted octanol–water partition coefficient (Wildman–Crippen LogP) is 4.54. The highest BCUT2D eigenvalue weighted by molar-refractivity contribution is 7.58. The van der Waals surface area contributed by atoms with Crippen molar-refractivity contribution in [2.75, 3.05) is 12.7 Å². The minimum Gasteiger partial charge on any atom is -0.481 e. The SMILES string of the molecule is [N-]=[N+]=NCCCC(CP(=O)(O)[C@@H](Cc1ccccc1)NC(=O)OCc1ccccc1)C(=O)O. The average Bonchev–Trinajstić information content (AvgIpc) is 2.80. The summed E-state index contributed by atoms with van der Waals surface area (Å²) in [5.74, 6) is -3.59. The number of hydrogen-bond acceptors (Lipinski definition) is 5. The van der Waals surface area contributed by atoms with Gasteiger partial charge in [0, 0.05) is 24.0 Å². The van der Waals surface area contributed by atoms with E-state index in [0.717, 1.165) is 5.56 Å². The summed E-state index contributed by atoms with van der Waals surface area (Å²) in [4.78, 5) is 37.5. The van der Waals surface area contributed by atoms with Crippen molar-refractivity contribution in [1.82, 2.24) is 5.32 Å². The first-order chi connectivity index (χ1) is 15.8. The zero-order valence-electron chi connectivity index (χ0n) is 18.0. The van der Waals surface area contributed by atoms with Crippen LogP contribution in [0.2, 0.25) is 0 Å². The van der Waals surface area contributed by atoms with Gasteiger partial charge in [0.2, 0.25) is 7.37 Å². The molecule has 2 aromatic carbocycles. The second-order valence-corrected chi connectivity index (χ2v) is 9.98. The van der Waals surface area contributed by atoms with Crippen molar-refractivity contribution in [2.24, 2.45) is 11.0 Å². The van der Waals surface area contributed by atoms with Gasteiger partial charge < -0.3 is 20.1 Å². The van der Waals surface area contributed by atoms with E-state index in [1.54, 1.807) is 54.6 Å². The summed E-state index contributed by atoms with van der Waals surface area (Å²) in [6.07, 6.45) is -1.05. The Morgan fingerprint density at radius 1 is 1.09 bits per heavy atom. The van der Waals surface area contributed by atoms with Crippen molar-refractivity contribution in [1.29, 1.82) is 0 Å². The van der Waals surface area contributed by atoms with Crippen molar-refractivity contribution in [2.45, 2.75) is 31.7 Å². The second-order valence-electron chi connectivity index (χ2n) is 7.48. The summed E-state index contributed by atoms with van der Waals surface area (Å²) in [5, 5.41) is 15.3. The van der Waals surface area contributed by atoms with E-state index < -0.39 is 37.3 Å². The summed E-state index contributed by atoms with van der Waals surface area (Å²) < 4.78 is 18.5. The van der Waals surface area contributed by atoms with Crippen LogP contribution in [0.1, 0.15) is 24.0 Å². The van der Waals surface area contributed by atoms with Gasteiger partial charge in [-0.15, -0.1) is 0 Å². The van der Waals surface area contributed by atoms with E-state index in [1.165, 1.54) is 0 Å². The molecular formula is C22H27N4O6P. The Hall–Kier alpha value is -3.32. The average molecular weight is 474 g/mol. The lowest BCUT2D eigenvalue weighted by molar-refractivity contribution is -0.141. The van der Waals surface area contributed by atoms with E-state index in [1.807, 2.05) is 6.07 Å². The van der Waals surface area contributed by atoms with Crippen LogP contribution in [0.3, 0.4) is 0 Å². The number of azide groups is 1. The molecule has 176 valence electrons. The normalized spacial score (nSPS) is 14.2. The third-order valence-electron chi connectivity index (χ3n) is 4.96. The van der Waals surface area contributed by atoms with Crippen molar-refractivity contribution in [3.63, 3.8) is 0 Å². The molecule has 0 aliphatic rings. The number of hydrogen-bond donors (Lipinski definition) is 3. The molecule has 2 unspecified atom stereocenters. The monoisotopic (exact) mass is 474 g/mol. The fraction of sp³-hybridized carbons (Fsp3) is 0.364. The fourth-order valence-electron chi connectivity index (χ4n) is 3.22. The number of carbonyl (C=O) groups excluding carboxylic acids is 1. The predicted molar refractivity (Wildman–Crippen MR) is 123 cm³/mol. The van der Waals surface area contributed by atoms with E-state index in [9.17, 15) is 24.2 Å². The zero-order valence-corrected chi connectivity index (χ0v) is 18.9. The van der Waals surface area contributed by atoms with Gasteiger partial charge in [-0.3, -0.25) is 9.36 Å². The number of alkyl carbamates (subject to hydrolysis) is 1. The number of ether oxygens (including phenoxy) is 1. The van der Waals surface area contributed by atoms with E-state index in [0.29, 0.717) is 5.56 Å². The quantitative estimate of drug-likeness (QED) is 0.127. The molecule has 11 heteroatoms. The fourth-order valence-corrected chi connectivity index (χ4v) is 5.25. The van der Waals surface area contributed by atoms with E-state index in [4.69, 9.17) is 10.3 Å². The molecule has 0 saturated carbocycles. The topological polar surface area (TPSA) is 162 Å². The van der Waals surface area contributed by atoms with Crippen LogP contribution in [-0.4, -0.2) is 40.6 Å². The van der Waals surface area contributed by atoms with Gasteiger partial charge in [-0.25, -0.2) is 4.79 Å². The van der Waals surface area contributed by atoms with Crippen molar-refractivity contribution >= 4 is 19.4 Å². The summed E-state index contributed by atoms with van der Waals surface area (Å²) in [5.41, 5.74) is 9.80. The summed E-state index contributed by atoms with van der Waals surface area (Å²) in [7, 11) is -4.18. The molecule has 0 spiro atoms. The maximum atomic E-state index is 13.3. The number of amides is 1. The smallest absolute Gasteiger partial charge is 0.408 e. The molecule has 3 N–H and O–H groups in total. The van der Waals surface area contributed by atoms with Gasteiger partial charge in [-0.05, 0) is 29.5 Å². The molecular weight excluding hydrogens is 447 g/mol. The number of carbonyl (C=O) groups is 2. The molecule has 0 saturated heterocycles. The highest BCUT2D eigenvalue weighted by Gasteiger charge is 2.37. The Labute approximate surface area is 191 Å². The van der Waals surface area contributed by atoms with Crippen molar-refractivity contribution in [3.05, 3.63) is 82.2 Å². The standard InChI is InChI=1S/C22H27N4O6P/c23-26-24-13-7-12-19(21(27)28)16-33(30,31)20(14-17-8-3-1-4-9-17)25-22(29)32-15-18-10-5-2-6-11-18/h1-6,8-11,19-20H,7,12-16H2,(H,25,29)(H,27,28)(H,30,31)/t19?,20-/m0/s1. The molecule has 10 nitrogen and oxygen atoms in total. The van der Waals surface area contributed by atoms with Crippen molar-refractivity contribution in [3.8, 4) is 0 Å². The van der Waals surface area contributed by atoms with Crippen LogP contribution in [0, 0.1) is 5.92 Å².